The van der Waals surface area contributed by atoms with E-state index in [9.17, 15) is 4.79 Å². The summed E-state index contributed by atoms with van der Waals surface area (Å²) in [4.78, 5) is 16.1. The number of hydrogen-bond donors (Lipinski definition) is 1. The van der Waals surface area contributed by atoms with Crippen LogP contribution in [0.3, 0.4) is 0 Å². The van der Waals surface area contributed by atoms with Crippen LogP contribution in [0.25, 0.3) is 10.2 Å². The molecule has 0 unspecified atom stereocenters. The highest BCUT2D eigenvalue weighted by atomic mass is 79.9. The normalized spacial score (nSPS) is 12.6. The largest absolute Gasteiger partial charge is 0.301 e. The van der Waals surface area contributed by atoms with Crippen molar-refractivity contribution in [2.75, 3.05) is 5.32 Å². The average Bonchev–Trinajstić information content (AvgIpc) is 2.71. The Bertz CT molecular complexity index is 575. The number of anilines is 1. The molecule has 19 heavy (non-hydrogen) atoms. The minimum atomic E-state index is -0.171. The lowest BCUT2D eigenvalue weighted by Crippen LogP contribution is -2.22. The number of benzene rings is 1. The van der Waals surface area contributed by atoms with Gasteiger partial charge in [0.2, 0.25) is 5.91 Å². The molecule has 6 heteroatoms. The van der Waals surface area contributed by atoms with Crippen molar-refractivity contribution in [3.63, 3.8) is 0 Å². The maximum Gasteiger partial charge on any atom is 0.239 e. The van der Waals surface area contributed by atoms with Crippen LogP contribution in [-0.2, 0) is 4.79 Å². The number of fused-ring (bicyclic) bond motifs is 1. The third-order valence-electron chi connectivity index (χ3n) is 2.73. The molecule has 2 aromatic rings. The number of alkyl halides is 1. The first-order valence-electron chi connectivity index (χ1n) is 6.03. The van der Waals surface area contributed by atoms with E-state index in [-0.39, 0.29) is 10.7 Å². The molecule has 2 rings (SSSR count). The molecule has 1 aromatic heterocycles. The van der Waals surface area contributed by atoms with E-state index in [0.29, 0.717) is 10.2 Å². The molecule has 0 radical (unpaired) electrons. The first-order chi connectivity index (χ1) is 9.01. The average molecular weight is 362 g/mol. The highest BCUT2D eigenvalue weighted by molar-refractivity contribution is 9.10. The minimum absolute atomic E-state index is 0.0521. The molecule has 0 aliphatic rings. The monoisotopic (exact) mass is 360 g/mol. The van der Waals surface area contributed by atoms with Gasteiger partial charge in [-0.1, -0.05) is 52.2 Å². The maximum absolute atomic E-state index is 11.9. The predicted molar refractivity (Wildman–Crippen MR) is 85.6 cm³/mol. The number of thiazole rings is 1. The summed E-state index contributed by atoms with van der Waals surface area (Å²) in [7, 11) is 0. The number of carbonyl (C=O) groups excluding carboxylic acids is 1. The number of carbonyl (C=O) groups is 1. The highest BCUT2D eigenvalue weighted by Gasteiger charge is 2.16. The van der Waals surface area contributed by atoms with Crippen molar-refractivity contribution < 1.29 is 4.79 Å². The second-order valence-corrected chi connectivity index (χ2v) is 6.88. The van der Waals surface area contributed by atoms with Gasteiger partial charge in [0.25, 0.3) is 0 Å². The Morgan fingerprint density at radius 1 is 1.58 bits per heavy atom. The summed E-state index contributed by atoms with van der Waals surface area (Å²) in [6.07, 6.45) is 1.76. The molecular weight excluding hydrogens is 348 g/mol. The number of halogens is 2. The Morgan fingerprint density at radius 2 is 2.32 bits per heavy atom. The molecule has 3 nitrogen and oxygen atoms in total. The number of rotatable bonds is 4. The van der Waals surface area contributed by atoms with Crippen LogP contribution in [0.15, 0.2) is 12.1 Å². The van der Waals surface area contributed by atoms with Gasteiger partial charge in [-0.3, -0.25) is 4.79 Å². The van der Waals surface area contributed by atoms with Gasteiger partial charge in [0.05, 0.1) is 15.0 Å². The van der Waals surface area contributed by atoms with Crippen LogP contribution in [0.1, 0.15) is 25.3 Å². The molecule has 1 aromatic carbocycles. The molecule has 0 aliphatic carbocycles. The number of aryl methyl sites for hydroxylation is 1. The van der Waals surface area contributed by atoms with Gasteiger partial charge < -0.3 is 5.32 Å². The minimum Gasteiger partial charge on any atom is -0.301 e. The second-order valence-electron chi connectivity index (χ2n) is 4.33. The second kappa shape index (κ2) is 6.20. The van der Waals surface area contributed by atoms with Crippen molar-refractivity contribution >= 4 is 60.1 Å². The van der Waals surface area contributed by atoms with E-state index in [2.05, 4.69) is 26.2 Å². The summed E-state index contributed by atoms with van der Waals surface area (Å²) < 4.78 is 1.03. The zero-order valence-corrected chi connectivity index (χ0v) is 13.8. The number of nitrogens with zero attached hydrogens (tertiary/aromatic N) is 1. The lowest BCUT2D eigenvalue weighted by molar-refractivity contribution is -0.115. The van der Waals surface area contributed by atoms with Crippen molar-refractivity contribution in [1.82, 2.24) is 4.98 Å². The van der Waals surface area contributed by atoms with Crippen LogP contribution in [0.2, 0.25) is 5.02 Å². The summed E-state index contributed by atoms with van der Waals surface area (Å²) in [6, 6.07) is 3.82. The molecule has 1 atom stereocenters. The Morgan fingerprint density at radius 3 is 3.00 bits per heavy atom. The molecule has 0 bridgehead atoms. The number of nitrogens with one attached hydrogen (secondary N) is 1. The molecule has 1 N–H and O–H groups in total. The smallest absolute Gasteiger partial charge is 0.239 e. The van der Waals surface area contributed by atoms with Gasteiger partial charge in [-0.05, 0) is 31.0 Å². The van der Waals surface area contributed by atoms with Crippen molar-refractivity contribution in [3.8, 4) is 0 Å². The molecule has 0 saturated heterocycles. The Kier molecular flexibility index (Phi) is 4.81. The maximum atomic E-state index is 11.9. The Hall–Kier alpha value is -0.650. The van der Waals surface area contributed by atoms with Crippen molar-refractivity contribution in [3.05, 3.63) is 22.7 Å². The van der Waals surface area contributed by atoms with Gasteiger partial charge in [-0.15, -0.1) is 0 Å². The van der Waals surface area contributed by atoms with Gasteiger partial charge in [0.15, 0.2) is 5.13 Å². The van der Waals surface area contributed by atoms with Crippen molar-refractivity contribution in [2.24, 2.45) is 0 Å². The first-order valence-corrected chi connectivity index (χ1v) is 8.14. The molecule has 1 amide bonds. The zero-order chi connectivity index (χ0) is 14.0. The number of hydrogen-bond acceptors (Lipinski definition) is 3. The van der Waals surface area contributed by atoms with E-state index >= 15 is 0 Å². The third-order valence-corrected chi connectivity index (χ3v) is 4.94. The molecule has 0 fully saturated rings. The van der Waals surface area contributed by atoms with E-state index in [4.69, 9.17) is 11.6 Å². The van der Waals surface area contributed by atoms with Gasteiger partial charge in [-0.25, -0.2) is 4.98 Å². The fourth-order valence-electron chi connectivity index (χ4n) is 1.67. The van der Waals surface area contributed by atoms with Gasteiger partial charge in [-0.2, -0.15) is 0 Å². The summed E-state index contributed by atoms with van der Waals surface area (Å²) >= 11 is 10.9. The van der Waals surface area contributed by atoms with Gasteiger partial charge in [0, 0.05) is 5.02 Å². The number of aromatic nitrogens is 1. The number of amides is 1. The highest BCUT2D eigenvalue weighted by Crippen LogP contribution is 2.30. The molecular formula is C13H14BrClN2OS. The fourth-order valence-corrected chi connectivity index (χ4v) is 3.35. The lowest BCUT2D eigenvalue weighted by atomic mass is 10.2. The summed E-state index contributed by atoms with van der Waals surface area (Å²) in [6.45, 7) is 4.00. The van der Waals surface area contributed by atoms with Crippen molar-refractivity contribution in [2.45, 2.75) is 31.5 Å². The van der Waals surface area contributed by atoms with E-state index < -0.39 is 0 Å². The topological polar surface area (TPSA) is 42.0 Å². The van der Waals surface area contributed by atoms with Crippen LogP contribution in [0.4, 0.5) is 5.13 Å². The van der Waals surface area contributed by atoms with Crippen LogP contribution >= 0.6 is 38.9 Å². The quantitative estimate of drug-likeness (QED) is 0.798. The molecule has 0 spiro atoms. The zero-order valence-electron chi connectivity index (χ0n) is 10.7. The van der Waals surface area contributed by atoms with E-state index in [1.807, 2.05) is 26.0 Å². The summed E-state index contributed by atoms with van der Waals surface area (Å²) in [5.41, 5.74) is 1.83. The summed E-state index contributed by atoms with van der Waals surface area (Å²) in [5, 5.41) is 4.14. The van der Waals surface area contributed by atoms with Gasteiger partial charge >= 0.3 is 0 Å². The molecule has 102 valence electrons. The Balaban J connectivity index is 2.20. The predicted octanol–water partition coefficient (Wildman–Crippen LogP) is 4.76. The molecule has 0 saturated carbocycles. The fraction of sp³-hybridized carbons (Fsp3) is 0.385. The Labute approximate surface area is 129 Å². The van der Waals surface area contributed by atoms with Crippen LogP contribution in [0.5, 0.6) is 0 Å². The van der Waals surface area contributed by atoms with E-state index in [0.717, 1.165) is 28.6 Å². The third kappa shape index (κ3) is 3.46. The first kappa shape index (κ1) is 14.8. The molecule has 0 aliphatic heterocycles. The standard InChI is InChI=1S/C13H14BrClN2OS/c1-3-4-8(14)12(18)17-13-16-10-6-9(15)7(2)5-11(10)19-13/h5-6,8H,3-4H2,1-2H3,(H,16,17,18)/t8-/m0/s1. The van der Waals surface area contributed by atoms with Crippen LogP contribution in [-0.4, -0.2) is 15.7 Å². The SMILES string of the molecule is CCC[C@H](Br)C(=O)Nc1nc2cc(Cl)c(C)cc2s1. The van der Waals surface area contributed by atoms with E-state index in [1.54, 1.807) is 0 Å². The summed E-state index contributed by atoms with van der Waals surface area (Å²) in [5.74, 6) is -0.0521. The van der Waals surface area contributed by atoms with Crippen molar-refractivity contribution in [1.29, 1.82) is 0 Å². The van der Waals surface area contributed by atoms with Crippen LogP contribution in [0, 0.1) is 6.92 Å². The lowest BCUT2D eigenvalue weighted by Gasteiger charge is -2.06. The van der Waals surface area contributed by atoms with E-state index in [1.165, 1.54) is 11.3 Å². The molecule has 1 heterocycles. The van der Waals surface area contributed by atoms with Gasteiger partial charge in [0.1, 0.15) is 0 Å². The van der Waals surface area contributed by atoms with Crippen LogP contribution < -0.4 is 5.32 Å².